The third-order valence-electron chi connectivity index (χ3n) is 4.32. The molecule has 0 saturated carbocycles. The molecular formula is C24H31NO4. The normalized spacial score (nSPS) is 12.3. The largest absolute Gasteiger partial charge is 0.493 e. The second-order valence-corrected chi connectivity index (χ2v) is 6.82. The summed E-state index contributed by atoms with van der Waals surface area (Å²) in [6.07, 6.45) is 6.44. The molecule has 156 valence electrons. The number of oxime groups is 1. The number of nitrogens with zero attached hydrogens (tertiary/aromatic N) is 1. The lowest BCUT2D eigenvalue weighted by Crippen LogP contribution is -2.17. The van der Waals surface area contributed by atoms with Gasteiger partial charge in [0.25, 0.3) is 0 Å². The molecular weight excluding hydrogens is 366 g/mol. The zero-order valence-corrected chi connectivity index (χ0v) is 18.0. The molecule has 0 fully saturated rings. The molecule has 0 spiro atoms. The van der Waals surface area contributed by atoms with Gasteiger partial charge in [0.1, 0.15) is 31.0 Å². The molecule has 0 aliphatic heterocycles. The number of benzene rings is 2. The summed E-state index contributed by atoms with van der Waals surface area (Å²) in [7, 11) is 1.52. The van der Waals surface area contributed by atoms with Crippen LogP contribution < -0.4 is 14.2 Å². The molecule has 2 aromatic carbocycles. The van der Waals surface area contributed by atoms with E-state index in [1.54, 1.807) is 6.21 Å². The highest BCUT2D eigenvalue weighted by atomic mass is 16.6. The zero-order valence-electron chi connectivity index (χ0n) is 18.0. The molecule has 2 rings (SSSR count). The Bertz CT molecular complexity index is 789. The van der Waals surface area contributed by atoms with Crippen molar-refractivity contribution in [3.05, 3.63) is 65.2 Å². The maximum absolute atomic E-state index is 6.18. The molecule has 5 nitrogen and oxygen atoms in total. The monoisotopic (exact) mass is 397 g/mol. The number of ether oxygens (including phenoxy) is 3. The fourth-order valence-electron chi connectivity index (χ4n) is 2.79. The van der Waals surface area contributed by atoms with Crippen LogP contribution >= 0.6 is 0 Å². The first kappa shape index (κ1) is 22.3. The molecule has 1 atom stereocenters. The van der Waals surface area contributed by atoms with Crippen LogP contribution in [0.15, 0.2) is 53.7 Å². The first-order chi connectivity index (χ1) is 14.0. The molecule has 0 N–H and O–H groups in total. The van der Waals surface area contributed by atoms with Crippen molar-refractivity contribution < 1.29 is 19.0 Å². The summed E-state index contributed by atoms with van der Waals surface area (Å²) in [5.41, 5.74) is 3.10. The summed E-state index contributed by atoms with van der Waals surface area (Å²) in [6, 6.07) is 11.7. The molecule has 0 amide bonds. The molecule has 0 saturated heterocycles. The molecule has 0 bridgehead atoms. The summed E-state index contributed by atoms with van der Waals surface area (Å²) in [6.45, 7) is 9.28. The predicted molar refractivity (Wildman–Crippen MR) is 117 cm³/mol. The summed E-state index contributed by atoms with van der Waals surface area (Å²) in [5.74, 6) is 2.60. The van der Waals surface area contributed by atoms with E-state index >= 15 is 0 Å². The van der Waals surface area contributed by atoms with Crippen molar-refractivity contribution in [3.8, 4) is 17.2 Å². The van der Waals surface area contributed by atoms with Crippen LogP contribution in [-0.4, -0.2) is 32.6 Å². The van der Waals surface area contributed by atoms with Gasteiger partial charge in [-0.2, -0.15) is 0 Å². The minimum Gasteiger partial charge on any atom is -0.493 e. The second-order valence-electron chi connectivity index (χ2n) is 6.82. The fraction of sp³-hybridized carbons (Fsp3) is 0.375. The van der Waals surface area contributed by atoms with Crippen LogP contribution in [0.2, 0.25) is 0 Å². The van der Waals surface area contributed by atoms with E-state index in [1.807, 2.05) is 69.3 Å². The average molecular weight is 398 g/mol. The predicted octanol–water partition coefficient (Wildman–Crippen LogP) is 5.48. The van der Waals surface area contributed by atoms with E-state index in [-0.39, 0.29) is 6.10 Å². The third-order valence-corrected chi connectivity index (χ3v) is 4.32. The van der Waals surface area contributed by atoms with Crippen LogP contribution in [0.5, 0.6) is 17.2 Å². The Hall–Kier alpha value is -2.95. The first-order valence-electron chi connectivity index (χ1n) is 9.84. The molecule has 29 heavy (non-hydrogen) atoms. The van der Waals surface area contributed by atoms with E-state index < -0.39 is 0 Å². The molecule has 1 unspecified atom stereocenters. The molecule has 0 aromatic heterocycles. The van der Waals surface area contributed by atoms with Crippen LogP contribution in [0.1, 0.15) is 37.0 Å². The lowest BCUT2D eigenvalue weighted by molar-refractivity contribution is 0.175. The number of allylic oxidation sites excluding steroid dienone is 1. The van der Waals surface area contributed by atoms with E-state index in [0.717, 1.165) is 40.4 Å². The van der Waals surface area contributed by atoms with E-state index in [1.165, 1.54) is 7.11 Å². The summed E-state index contributed by atoms with van der Waals surface area (Å²) in [4.78, 5) is 4.68. The second kappa shape index (κ2) is 11.8. The molecule has 5 heteroatoms. The maximum atomic E-state index is 6.18. The van der Waals surface area contributed by atoms with Crippen LogP contribution in [0, 0.1) is 13.8 Å². The Morgan fingerprint density at radius 3 is 2.31 bits per heavy atom. The van der Waals surface area contributed by atoms with Crippen molar-refractivity contribution >= 4 is 6.21 Å². The van der Waals surface area contributed by atoms with E-state index in [2.05, 4.69) is 16.9 Å². The third kappa shape index (κ3) is 7.53. The standard InChI is InChI=1S/C24H31NO4/c1-6-7-13-27-23-15-18(2)24(19(3)16-23)29-20(4)12-14-28-22-10-8-21(9-11-22)17-25-26-5/h6-11,15-17,20H,12-14H2,1-5H3/b7-6+,25-17?. The van der Waals surface area contributed by atoms with Crippen LogP contribution in [0.4, 0.5) is 0 Å². The van der Waals surface area contributed by atoms with Crippen molar-refractivity contribution in [2.45, 2.75) is 40.2 Å². The first-order valence-corrected chi connectivity index (χ1v) is 9.84. The van der Waals surface area contributed by atoms with E-state index in [4.69, 9.17) is 14.2 Å². The lowest BCUT2D eigenvalue weighted by Gasteiger charge is -2.19. The van der Waals surface area contributed by atoms with Gasteiger partial charge in [-0.1, -0.05) is 17.3 Å². The maximum Gasteiger partial charge on any atom is 0.125 e. The minimum atomic E-state index is 0.0373. The van der Waals surface area contributed by atoms with Crippen molar-refractivity contribution in [3.63, 3.8) is 0 Å². The Morgan fingerprint density at radius 2 is 1.69 bits per heavy atom. The number of rotatable bonds is 11. The quantitative estimate of drug-likeness (QED) is 0.286. The van der Waals surface area contributed by atoms with Crippen molar-refractivity contribution in [1.82, 2.24) is 0 Å². The van der Waals surface area contributed by atoms with Gasteiger partial charge in [-0.05, 0) is 80.8 Å². The van der Waals surface area contributed by atoms with Gasteiger partial charge in [-0.15, -0.1) is 0 Å². The van der Waals surface area contributed by atoms with E-state index in [9.17, 15) is 0 Å². The van der Waals surface area contributed by atoms with Gasteiger partial charge in [-0.25, -0.2) is 0 Å². The van der Waals surface area contributed by atoms with Crippen molar-refractivity contribution in [2.75, 3.05) is 20.3 Å². The van der Waals surface area contributed by atoms with Crippen LogP contribution in [0.25, 0.3) is 0 Å². The zero-order chi connectivity index (χ0) is 21.1. The van der Waals surface area contributed by atoms with Gasteiger partial charge in [0.05, 0.1) is 18.9 Å². The fourth-order valence-corrected chi connectivity index (χ4v) is 2.79. The Kier molecular flexibility index (Phi) is 9.09. The Balaban J connectivity index is 1.84. The lowest BCUT2D eigenvalue weighted by atomic mass is 10.1. The van der Waals surface area contributed by atoms with Crippen molar-refractivity contribution in [2.24, 2.45) is 5.16 Å². The summed E-state index contributed by atoms with van der Waals surface area (Å²) in [5, 5.41) is 3.74. The molecule has 0 radical (unpaired) electrons. The van der Waals surface area contributed by atoms with Gasteiger partial charge in [0.2, 0.25) is 0 Å². The van der Waals surface area contributed by atoms with Crippen LogP contribution in [0.3, 0.4) is 0 Å². The summed E-state index contributed by atoms with van der Waals surface area (Å²) < 4.78 is 17.7. The highest BCUT2D eigenvalue weighted by Gasteiger charge is 2.11. The highest BCUT2D eigenvalue weighted by Crippen LogP contribution is 2.29. The molecule has 0 aliphatic rings. The molecule has 2 aromatic rings. The minimum absolute atomic E-state index is 0.0373. The Morgan fingerprint density at radius 1 is 1.00 bits per heavy atom. The number of hydrogen-bond donors (Lipinski definition) is 0. The molecule has 0 aliphatic carbocycles. The number of aryl methyl sites for hydroxylation is 2. The van der Waals surface area contributed by atoms with Gasteiger partial charge in [0, 0.05) is 6.42 Å². The average Bonchev–Trinajstić information content (AvgIpc) is 2.70. The van der Waals surface area contributed by atoms with Crippen molar-refractivity contribution in [1.29, 1.82) is 0 Å². The SMILES string of the molecule is C/C=C/COc1cc(C)c(OC(C)CCOc2ccc(C=NOC)cc2)c(C)c1. The Labute approximate surface area is 173 Å². The van der Waals surface area contributed by atoms with E-state index in [0.29, 0.717) is 13.2 Å². The van der Waals surface area contributed by atoms with Crippen LogP contribution in [-0.2, 0) is 4.84 Å². The van der Waals surface area contributed by atoms with Gasteiger partial charge in [-0.3, -0.25) is 0 Å². The topological polar surface area (TPSA) is 49.3 Å². The van der Waals surface area contributed by atoms with Gasteiger partial charge >= 0.3 is 0 Å². The van der Waals surface area contributed by atoms with Gasteiger partial charge in [0.15, 0.2) is 0 Å². The summed E-state index contributed by atoms with van der Waals surface area (Å²) >= 11 is 0. The highest BCUT2D eigenvalue weighted by molar-refractivity contribution is 5.79. The van der Waals surface area contributed by atoms with Gasteiger partial charge < -0.3 is 19.0 Å². The number of hydrogen-bond acceptors (Lipinski definition) is 5. The smallest absolute Gasteiger partial charge is 0.125 e. The molecule has 0 heterocycles.